The second-order valence-corrected chi connectivity index (χ2v) is 6.88. The minimum atomic E-state index is -0.00806. The molecule has 1 fully saturated rings. The van der Waals surface area contributed by atoms with E-state index >= 15 is 0 Å². The van der Waals surface area contributed by atoms with Gasteiger partial charge in [-0.3, -0.25) is 4.79 Å². The molecule has 1 saturated carbocycles. The van der Waals surface area contributed by atoms with Crippen LogP contribution in [0.5, 0.6) is 0 Å². The standard InChI is InChI=1S/C16H21N3O/c1-9-7-11(9)14(20)17-10-5-6-12-13(8-10)19-15(18-12)16(2,3)4/h5-6,8-9,11H,7H2,1-4H3,(H,17,20)(H,18,19)/t9-,11-/m0/s1. The van der Waals surface area contributed by atoms with E-state index in [1.807, 2.05) is 18.2 Å². The number of benzene rings is 1. The largest absolute Gasteiger partial charge is 0.341 e. The lowest BCUT2D eigenvalue weighted by atomic mass is 9.96. The summed E-state index contributed by atoms with van der Waals surface area (Å²) in [6, 6.07) is 5.83. The average Bonchev–Trinajstić information content (AvgIpc) is 2.92. The van der Waals surface area contributed by atoms with Crippen molar-refractivity contribution in [3.05, 3.63) is 24.0 Å². The van der Waals surface area contributed by atoms with Gasteiger partial charge in [0, 0.05) is 17.0 Å². The molecule has 0 unspecified atom stereocenters. The van der Waals surface area contributed by atoms with Crippen molar-refractivity contribution < 1.29 is 4.79 Å². The summed E-state index contributed by atoms with van der Waals surface area (Å²) in [6.45, 7) is 8.49. The fourth-order valence-electron chi connectivity index (χ4n) is 2.36. The van der Waals surface area contributed by atoms with Gasteiger partial charge in [0.05, 0.1) is 11.0 Å². The maximum Gasteiger partial charge on any atom is 0.227 e. The summed E-state index contributed by atoms with van der Waals surface area (Å²) >= 11 is 0. The smallest absolute Gasteiger partial charge is 0.227 e. The number of amides is 1. The molecular weight excluding hydrogens is 250 g/mol. The molecule has 106 valence electrons. The summed E-state index contributed by atoms with van der Waals surface area (Å²) < 4.78 is 0. The Morgan fingerprint density at radius 3 is 2.70 bits per heavy atom. The van der Waals surface area contributed by atoms with E-state index in [0.29, 0.717) is 5.92 Å². The zero-order valence-corrected chi connectivity index (χ0v) is 12.4. The van der Waals surface area contributed by atoms with Gasteiger partial charge in [0.25, 0.3) is 0 Å². The van der Waals surface area contributed by atoms with Crippen LogP contribution in [0.3, 0.4) is 0 Å². The van der Waals surface area contributed by atoms with Gasteiger partial charge in [-0.15, -0.1) is 0 Å². The van der Waals surface area contributed by atoms with Crippen LogP contribution in [0, 0.1) is 11.8 Å². The Morgan fingerprint density at radius 1 is 1.40 bits per heavy atom. The molecule has 0 saturated heterocycles. The third-order valence-electron chi connectivity index (χ3n) is 3.91. The van der Waals surface area contributed by atoms with Gasteiger partial charge in [0.15, 0.2) is 0 Å². The molecule has 2 N–H and O–H groups in total. The molecule has 0 aliphatic heterocycles. The number of aromatic amines is 1. The molecule has 1 heterocycles. The summed E-state index contributed by atoms with van der Waals surface area (Å²) in [5, 5.41) is 2.99. The molecule has 2 aromatic rings. The molecule has 1 aromatic carbocycles. The molecule has 2 atom stereocenters. The number of hydrogen-bond acceptors (Lipinski definition) is 2. The summed E-state index contributed by atoms with van der Waals surface area (Å²) in [5.74, 6) is 1.81. The van der Waals surface area contributed by atoms with Crippen LogP contribution < -0.4 is 5.32 Å². The van der Waals surface area contributed by atoms with Gasteiger partial charge in [0.2, 0.25) is 5.91 Å². The second-order valence-electron chi connectivity index (χ2n) is 6.88. The highest BCUT2D eigenvalue weighted by Gasteiger charge is 2.39. The van der Waals surface area contributed by atoms with E-state index in [0.717, 1.165) is 29.0 Å². The number of fused-ring (bicyclic) bond motifs is 1. The Labute approximate surface area is 119 Å². The van der Waals surface area contributed by atoms with E-state index in [4.69, 9.17) is 0 Å². The number of nitrogens with zero attached hydrogens (tertiary/aromatic N) is 1. The van der Waals surface area contributed by atoms with E-state index in [1.165, 1.54) is 0 Å². The molecule has 1 aliphatic carbocycles. The summed E-state index contributed by atoms with van der Waals surface area (Å²) in [6.07, 6.45) is 1.01. The molecule has 20 heavy (non-hydrogen) atoms. The first-order valence-corrected chi connectivity index (χ1v) is 7.16. The molecule has 0 radical (unpaired) electrons. The number of H-pyrrole nitrogens is 1. The Morgan fingerprint density at radius 2 is 2.10 bits per heavy atom. The van der Waals surface area contributed by atoms with Gasteiger partial charge in [-0.25, -0.2) is 4.98 Å². The average molecular weight is 271 g/mol. The third kappa shape index (κ3) is 2.42. The Hall–Kier alpha value is -1.84. The summed E-state index contributed by atoms with van der Waals surface area (Å²) in [4.78, 5) is 19.9. The number of anilines is 1. The van der Waals surface area contributed by atoms with Crippen LogP contribution >= 0.6 is 0 Å². The predicted molar refractivity (Wildman–Crippen MR) is 80.7 cm³/mol. The number of rotatable bonds is 2. The monoisotopic (exact) mass is 271 g/mol. The normalized spacial score (nSPS) is 22.0. The van der Waals surface area contributed by atoms with Crippen LogP contribution in [-0.2, 0) is 10.2 Å². The Kier molecular flexibility index (Phi) is 2.85. The first kappa shape index (κ1) is 13.2. The lowest BCUT2D eigenvalue weighted by Crippen LogP contribution is -2.14. The maximum atomic E-state index is 11.9. The highest BCUT2D eigenvalue weighted by Crippen LogP contribution is 2.38. The molecule has 0 bridgehead atoms. The molecule has 1 aromatic heterocycles. The highest BCUT2D eigenvalue weighted by atomic mass is 16.2. The molecule has 0 spiro atoms. The van der Waals surface area contributed by atoms with Gasteiger partial charge in [0.1, 0.15) is 5.82 Å². The third-order valence-corrected chi connectivity index (χ3v) is 3.91. The predicted octanol–water partition coefficient (Wildman–Crippen LogP) is 3.45. The van der Waals surface area contributed by atoms with E-state index in [2.05, 4.69) is 43.0 Å². The number of imidazole rings is 1. The quantitative estimate of drug-likeness (QED) is 0.878. The van der Waals surface area contributed by atoms with Crippen LogP contribution in [0.25, 0.3) is 11.0 Å². The van der Waals surface area contributed by atoms with Gasteiger partial charge in [-0.1, -0.05) is 27.7 Å². The van der Waals surface area contributed by atoms with Crippen LogP contribution in [0.4, 0.5) is 5.69 Å². The van der Waals surface area contributed by atoms with E-state index < -0.39 is 0 Å². The minimum absolute atomic E-state index is 0.00806. The molecule has 1 amide bonds. The molecule has 4 heteroatoms. The van der Waals surface area contributed by atoms with Crippen molar-refractivity contribution in [2.45, 2.75) is 39.5 Å². The lowest BCUT2D eigenvalue weighted by Gasteiger charge is -2.13. The van der Waals surface area contributed by atoms with Gasteiger partial charge in [-0.05, 0) is 30.5 Å². The number of aromatic nitrogens is 2. The van der Waals surface area contributed by atoms with Crippen molar-refractivity contribution in [1.29, 1.82) is 0 Å². The lowest BCUT2D eigenvalue weighted by molar-refractivity contribution is -0.117. The Bertz CT molecular complexity index is 666. The molecule has 1 aliphatic rings. The number of carbonyl (C=O) groups excluding carboxylic acids is 1. The van der Waals surface area contributed by atoms with Gasteiger partial charge < -0.3 is 10.3 Å². The van der Waals surface area contributed by atoms with Crippen LogP contribution in [0.1, 0.15) is 39.9 Å². The SMILES string of the molecule is C[C@H]1C[C@@H]1C(=O)Nc1ccc2nc(C(C)(C)C)[nH]c2c1. The van der Waals surface area contributed by atoms with Crippen molar-refractivity contribution in [2.75, 3.05) is 5.32 Å². The van der Waals surface area contributed by atoms with Crippen LogP contribution in [0.15, 0.2) is 18.2 Å². The van der Waals surface area contributed by atoms with Crippen molar-refractivity contribution in [1.82, 2.24) is 9.97 Å². The molecule has 3 rings (SSSR count). The highest BCUT2D eigenvalue weighted by molar-refractivity contribution is 5.96. The Balaban J connectivity index is 1.85. The zero-order valence-electron chi connectivity index (χ0n) is 12.4. The maximum absolute atomic E-state index is 11.9. The van der Waals surface area contributed by atoms with E-state index in [9.17, 15) is 4.79 Å². The van der Waals surface area contributed by atoms with Crippen molar-refractivity contribution >= 4 is 22.6 Å². The zero-order chi connectivity index (χ0) is 14.5. The van der Waals surface area contributed by atoms with Gasteiger partial charge >= 0.3 is 0 Å². The fraction of sp³-hybridized carbons (Fsp3) is 0.500. The molecular formula is C16H21N3O. The van der Waals surface area contributed by atoms with Crippen LogP contribution in [-0.4, -0.2) is 15.9 Å². The van der Waals surface area contributed by atoms with E-state index in [-0.39, 0.29) is 17.2 Å². The number of carbonyl (C=O) groups is 1. The van der Waals surface area contributed by atoms with Crippen LogP contribution in [0.2, 0.25) is 0 Å². The topological polar surface area (TPSA) is 57.8 Å². The van der Waals surface area contributed by atoms with Crippen molar-refractivity contribution in [3.63, 3.8) is 0 Å². The minimum Gasteiger partial charge on any atom is -0.341 e. The first-order valence-electron chi connectivity index (χ1n) is 7.16. The fourth-order valence-corrected chi connectivity index (χ4v) is 2.36. The van der Waals surface area contributed by atoms with Gasteiger partial charge in [-0.2, -0.15) is 0 Å². The molecule has 4 nitrogen and oxygen atoms in total. The summed E-state index contributed by atoms with van der Waals surface area (Å²) in [5.41, 5.74) is 2.74. The number of nitrogens with one attached hydrogen (secondary N) is 2. The summed E-state index contributed by atoms with van der Waals surface area (Å²) in [7, 11) is 0. The number of hydrogen-bond donors (Lipinski definition) is 2. The van der Waals surface area contributed by atoms with Crippen molar-refractivity contribution in [2.24, 2.45) is 11.8 Å². The first-order chi connectivity index (χ1) is 9.34. The van der Waals surface area contributed by atoms with Crippen molar-refractivity contribution in [3.8, 4) is 0 Å². The second kappa shape index (κ2) is 4.33. The van der Waals surface area contributed by atoms with E-state index in [1.54, 1.807) is 0 Å².